The number of aromatic nitrogens is 1. The first-order valence-corrected chi connectivity index (χ1v) is 10.8. The Kier molecular flexibility index (Phi) is 3.37. The summed E-state index contributed by atoms with van der Waals surface area (Å²) in [5.41, 5.74) is 5.92. The van der Waals surface area contributed by atoms with Gasteiger partial charge in [0.05, 0.1) is 17.1 Å². The van der Waals surface area contributed by atoms with Gasteiger partial charge in [-0.15, -0.1) is 0 Å². The fraction of sp³-hybridized carbons (Fsp3) is 0.0714. The van der Waals surface area contributed by atoms with Crippen LogP contribution in [0.4, 0.5) is 5.69 Å². The second-order valence-electron chi connectivity index (χ2n) is 8.58. The van der Waals surface area contributed by atoms with Crippen molar-refractivity contribution in [2.45, 2.75) is 12.5 Å². The number of carbonyl (C=O) groups excluding carboxylic acids is 1. The summed E-state index contributed by atoms with van der Waals surface area (Å²) in [6.07, 6.45) is 2.79. The minimum absolute atomic E-state index is 0.0260. The number of hydrogen-bond donors (Lipinski definition) is 2. The Morgan fingerprint density at radius 3 is 2.59 bits per heavy atom. The van der Waals surface area contributed by atoms with Crippen LogP contribution in [0.15, 0.2) is 89.2 Å². The summed E-state index contributed by atoms with van der Waals surface area (Å²) in [6.45, 7) is 0. The van der Waals surface area contributed by atoms with Crippen molar-refractivity contribution in [2.75, 3.05) is 5.32 Å². The van der Waals surface area contributed by atoms with Crippen molar-refractivity contribution in [1.82, 2.24) is 4.98 Å². The van der Waals surface area contributed by atoms with Crippen LogP contribution in [0, 0.1) is 0 Å². The van der Waals surface area contributed by atoms with Gasteiger partial charge in [0.1, 0.15) is 0 Å². The lowest BCUT2D eigenvalue weighted by Crippen LogP contribution is -2.29. The highest BCUT2D eigenvalue weighted by atomic mass is 16.1. The number of hydrogen-bond acceptors (Lipinski definition) is 3. The molecule has 0 fully saturated rings. The summed E-state index contributed by atoms with van der Waals surface area (Å²) in [5, 5.41) is 6.85. The Morgan fingerprint density at radius 2 is 1.66 bits per heavy atom. The molecule has 4 aromatic carbocycles. The first kappa shape index (κ1) is 17.5. The molecule has 0 radical (unpaired) electrons. The lowest BCUT2D eigenvalue weighted by molar-refractivity contribution is 0.102. The van der Waals surface area contributed by atoms with Gasteiger partial charge < -0.3 is 10.3 Å². The number of carbonyl (C=O) groups is 1. The molecule has 2 aliphatic rings. The smallest absolute Gasteiger partial charge is 0.197 e. The Labute approximate surface area is 183 Å². The van der Waals surface area contributed by atoms with E-state index >= 15 is 0 Å². The minimum Gasteiger partial charge on any atom is -0.373 e. The number of pyridine rings is 1. The number of H-pyrrole nitrogens is 1. The number of anilines is 1. The highest BCUT2D eigenvalue weighted by Crippen LogP contribution is 2.41. The standard InChI is InChI=1S/C28H18N2O2/c31-27-19-11-9-15-5-1-3-7-17(15)25(19)29-23-13-22-24(14-21(23)27)30-26-18-8-4-2-6-16(18)10-12-20(26)28(22)32/h1-9,11-14,26,30H,10H2,(H,29,31). The summed E-state index contributed by atoms with van der Waals surface area (Å²) in [6, 6.07) is 23.6. The summed E-state index contributed by atoms with van der Waals surface area (Å²) in [4.78, 5) is 30.4. The molecule has 2 heterocycles. The van der Waals surface area contributed by atoms with E-state index in [1.807, 2.05) is 66.7 Å². The van der Waals surface area contributed by atoms with Crippen LogP contribution in [0.3, 0.4) is 0 Å². The number of nitrogens with one attached hydrogen (secondary N) is 2. The predicted molar refractivity (Wildman–Crippen MR) is 129 cm³/mol. The van der Waals surface area contributed by atoms with Crippen molar-refractivity contribution in [3.8, 4) is 0 Å². The van der Waals surface area contributed by atoms with E-state index in [4.69, 9.17) is 0 Å². The zero-order chi connectivity index (χ0) is 21.4. The van der Waals surface area contributed by atoms with E-state index in [9.17, 15) is 9.59 Å². The molecule has 4 heteroatoms. The minimum atomic E-state index is -0.180. The molecular formula is C28H18N2O2. The fourth-order valence-electron chi connectivity index (χ4n) is 5.27. The predicted octanol–water partition coefficient (Wildman–Crippen LogP) is 5.67. The summed E-state index contributed by atoms with van der Waals surface area (Å²) < 4.78 is 0. The maximum absolute atomic E-state index is 13.5. The van der Waals surface area contributed by atoms with Crippen LogP contribution in [-0.2, 0) is 6.42 Å². The first-order chi connectivity index (χ1) is 15.7. The normalized spacial score (nSPS) is 16.9. The van der Waals surface area contributed by atoms with Crippen LogP contribution >= 0.6 is 0 Å². The maximum atomic E-state index is 13.5. The van der Waals surface area contributed by atoms with Crippen molar-refractivity contribution >= 4 is 44.0 Å². The molecule has 2 N–H and O–H groups in total. The number of aromatic amines is 1. The molecule has 0 bridgehead atoms. The molecule has 0 saturated heterocycles. The lowest BCUT2D eigenvalue weighted by atomic mass is 9.80. The van der Waals surface area contributed by atoms with Gasteiger partial charge >= 0.3 is 0 Å². The molecule has 7 rings (SSSR count). The Balaban J connectivity index is 1.50. The largest absolute Gasteiger partial charge is 0.373 e. The van der Waals surface area contributed by atoms with Crippen molar-refractivity contribution in [3.05, 3.63) is 111 Å². The van der Waals surface area contributed by atoms with Crippen LogP contribution in [0.25, 0.3) is 32.6 Å². The number of Topliss-reactive ketones (excluding diaryl/α,β-unsaturated/α-hetero) is 1. The van der Waals surface area contributed by atoms with E-state index in [-0.39, 0.29) is 17.3 Å². The number of allylic oxidation sites excluding steroid dienone is 1. The molecule has 32 heavy (non-hydrogen) atoms. The van der Waals surface area contributed by atoms with E-state index < -0.39 is 0 Å². The van der Waals surface area contributed by atoms with Crippen LogP contribution in [0.1, 0.15) is 27.5 Å². The molecular weight excluding hydrogens is 396 g/mol. The molecule has 4 nitrogen and oxygen atoms in total. The van der Waals surface area contributed by atoms with Crippen LogP contribution in [-0.4, -0.2) is 10.8 Å². The topological polar surface area (TPSA) is 62.0 Å². The SMILES string of the molecule is O=C1C2=CCc3ccccc3C2Nc2cc3c(=O)c4ccc5ccccc5c4[nH]c3cc21. The van der Waals surface area contributed by atoms with Crippen molar-refractivity contribution in [1.29, 1.82) is 0 Å². The fourth-order valence-corrected chi connectivity index (χ4v) is 5.27. The molecule has 1 aliphatic heterocycles. The van der Waals surface area contributed by atoms with Crippen molar-refractivity contribution in [2.24, 2.45) is 0 Å². The van der Waals surface area contributed by atoms with Gasteiger partial charge in [0.15, 0.2) is 11.2 Å². The highest BCUT2D eigenvalue weighted by molar-refractivity contribution is 6.18. The molecule has 1 aromatic heterocycles. The Bertz CT molecular complexity index is 1730. The van der Waals surface area contributed by atoms with E-state index in [0.717, 1.165) is 33.8 Å². The average Bonchev–Trinajstić information content (AvgIpc) is 2.83. The molecule has 1 atom stereocenters. The zero-order valence-electron chi connectivity index (χ0n) is 17.1. The number of benzene rings is 4. The van der Waals surface area contributed by atoms with Gasteiger partial charge in [-0.05, 0) is 41.1 Å². The summed E-state index contributed by atoms with van der Waals surface area (Å²) in [7, 11) is 0. The van der Waals surface area contributed by atoms with Gasteiger partial charge in [-0.25, -0.2) is 0 Å². The quantitative estimate of drug-likeness (QED) is 0.254. The molecule has 0 amide bonds. The summed E-state index contributed by atoms with van der Waals surface area (Å²) >= 11 is 0. The van der Waals surface area contributed by atoms with Gasteiger partial charge in [0.25, 0.3) is 0 Å². The summed E-state index contributed by atoms with van der Waals surface area (Å²) in [5.74, 6) is 0.0269. The molecule has 1 unspecified atom stereocenters. The second-order valence-corrected chi connectivity index (χ2v) is 8.58. The first-order valence-electron chi connectivity index (χ1n) is 10.8. The van der Waals surface area contributed by atoms with Crippen LogP contribution in [0.2, 0.25) is 0 Å². The monoisotopic (exact) mass is 414 g/mol. The molecule has 0 saturated carbocycles. The number of rotatable bonds is 0. The molecule has 0 spiro atoms. The molecule has 5 aromatic rings. The van der Waals surface area contributed by atoms with Gasteiger partial charge in [0, 0.05) is 33.0 Å². The Hall–Kier alpha value is -4.18. The number of ketones is 1. The van der Waals surface area contributed by atoms with E-state index in [2.05, 4.69) is 22.4 Å². The third-order valence-corrected chi connectivity index (χ3v) is 6.86. The number of fused-ring (bicyclic) bond motifs is 8. The zero-order valence-corrected chi connectivity index (χ0v) is 17.1. The lowest BCUT2D eigenvalue weighted by Gasteiger charge is -2.33. The van der Waals surface area contributed by atoms with Crippen LogP contribution < -0.4 is 10.7 Å². The van der Waals surface area contributed by atoms with E-state index in [0.29, 0.717) is 27.5 Å². The van der Waals surface area contributed by atoms with Crippen LogP contribution in [0.5, 0.6) is 0 Å². The molecule has 1 aliphatic carbocycles. The van der Waals surface area contributed by atoms with Crippen molar-refractivity contribution in [3.63, 3.8) is 0 Å². The van der Waals surface area contributed by atoms with Gasteiger partial charge in [-0.3, -0.25) is 9.59 Å². The Morgan fingerprint density at radius 1 is 0.812 bits per heavy atom. The highest BCUT2D eigenvalue weighted by Gasteiger charge is 2.34. The van der Waals surface area contributed by atoms with Gasteiger partial charge in [-0.1, -0.05) is 60.7 Å². The van der Waals surface area contributed by atoms with E-state index in [1.165, 1.54) is 5.56 Å². The second kappa shape index (κ2) is 6.17. The third-order valence-electron chi connectivity index (χ3n) is 6.86. The van der Waals surface area contributed by atoms with Gasteiger partial charge in [0.2, 0.25) is 0 Å². The molecule has 152 valence electrons. The van der Waals surface area contributed by atoms with Gasteiger partial charge in [-0.2, -0.15) is 0 Å². The maximum Gasteiger partial charge on any atom is 0.197 e. The van der Waals surface area contributed by atoms with Crippen molar-refractivity contribution < 1.29 is 4.79 Å². The third kappa shape index (κ3) is 2.26. The van der Waals surface area contributed by atoms with E-state index in [1.54, 1.807) is 0 Å². The average molecular weight is 414 g/mol.